The second kappa shape index (κ2) is 6.43. The molecule has 1 aliphatic heterocycles. The van der Waals surface area contributed by atoms with Crippen LogP contribution in [0.1, 0.15) is 29.0 Å². The third kappa shape index (κ3) is 3.45. The van der Waals surface area contributed by atoms with Gasteiger partial charge in [-0.15, -0.1) is 0 Å². The summed E-state index contributed by atoms with van der Waals surface area (Å²) < 4.78 is 15.5. The Morgan fingerprint density at radius 3 is 2.91 bits per heavy atom. The number of aromatic amines is 1. The van der Waals surface area contributed by atoms with Crippen molar-refractivity contribution in [2.24, 2.45) is 0 Å². The molecule has 7 nitrogen and oxygen atoms in total. The zero-order valence-electron chi connectivity index (χ0n) is 12.5. The van der Waals surface area contributed by atoms with E-state index in [-0.39, 0.29) is 25.3 Å². The van der Waals surface area contributed by atoms with Crippen molar-refractivity contribution in [3.63, 3.8) is 0 Å². The lowest BCUT2D eigenvalue weighted by Gasteiger charge is -2.14. The molecule has 0 fully saturated rings. The molecule has 3 rings (SSSR count). The van der Waals surface area contributed by atoms with Crippen LogP contribution in [0.4, 0.5) is 0 Å². The van der Waals surface area contributed by atoms with Gasteiger partial charge in [0.2, 0.25) is 6.79 Å². The Hall–Kier alpha value is -2.96. The number of carbonyl (C=O) groups is 2. The molecule has 2 heterocycles. The van der Waals surface area contributed by atoms with Gasteiger partial charge in [0.15, 0.2) is 18.1 Å². The van der Waals surface area contributed by atoms with E-state index < -0.39 is 5.97 Å². The Bertz CT molecular complexity index is 711. The first-order chi connectivity index (χ1) is 11.1. The molecule has 1 aromatic heterocycles. The Kier molecular flexibility index (Phi) is 4.18. The summed E-state index contributed by atoms with van der Waals surface area (Å²) >= 11 is 0. The quantitative estimate of drug-likeness (QED) is 0.821. The van der Waals surface area contributed by atoms with Gasteiger partial charge in [-0.2, -0.15) is 0 Å². The van der Waals surface area contributed by atoms with Crippen molar-refractivity contribution in [3.05, 3.63) is 47.8 Å². The number of amides is 1. The molecule has 0 aliphatic carbocycles. The summed E-state index contributed by atoms with van der Waals surface area (Å²) in [6.45, 7) is 1.70. The van der Waals surface area contributed by atoms with Crippen LogP contribution in [0.25, 0.3) is 0 Å². The Morgan fingerprint density at radius 1 is 1.30 bits per heavy atom. The predicted molar refractivity (Wildman–Crippen MR) is 80.2 cm³/mol. The minimum absolute atomic E-state index is 0.203. The van der Waals surface area contributed by atoms with E-state index in [9.17, 15) is 9.59 Å². The van der Waals surface area contributed by atoms with Crippen LogP contribution < -0.4 is 14.8 Å². The standard InChI is InChI=1S/C16H16N2O5/c1-10(11-4-5-13-14(7-11)23-9-22-13)18-15(19)8-21-16(20)12-3-2-6-17-12/h2-7,10,17H,8-9H2,1H3,(H,18,19)/t10-/m0/s1. The van der Waals surface area contributed by atoms with Gasteiger partial charge in [0.05, 0.1) is 6.04 Å². The first-order valence-corrected chi connectivity index (χ1v) is 7.13. The lowest BCUT2D eigenvalue weighted by Crippen LogP contribution is -2.31. The summed E-state index contributed by atoms with van der Waals surface area (Å²) in [6.07, 6.45) is 1.61. The van der Waals surface area contributed by atoms with Crippen LogP contribution >= 0.6 is 0 Å². The van der Waals surface area contributed by atoms with E-state index in [0.717, 1.165) is 5.56 Å². The van der Waals surface area contributed by atoms with E-state index >= 15 is 0 Å². The number of carbonyl (C=O) groups excluding carboxylic acids is 2. The molecule has 0 bridgehead atoms. The minimum Gasteiger partial charge on any atom is -0.454 e. The molecule has 0 saturated heterocycles. The summed E-state index contributed by atoms with van der Waals surface area (Å²) in [5.41, 5.74) is 1.18. The first kappa shape index (κ1) is 15.0. The molecular weight excluding hydrogens is 300 g/mol. The third-order valence-electron chi connectivity index (χ3n) is 3.43. The molecule has 1 aromatic carbocycles. The fourth-order valence-corrected chi connectivity index (χ4v) is 2.22. The Balaban J connectivity index is 1.52. The van der Waals surface area contributed by atoms with Crippen LogP contribution in [0.15, 0.2) is 36.5 Å². The topological polar surface area (TPSA) is 89.7 Å². The first-order valence-electron chi connectivity index (χ1n) is 7.13. The number of aromatic nitrogens is 1. The number of nitrogens with one attached hydrogen (secondary N) is 2. The minimum atomic E-state index is -0.569. The normalized spacial score (nSPS) is 13.4. The molecule has 0 saturated carbocycles. The lowest BCUT2D eigenvalue weighted by atomic mass is 10.1. The van der Waals surface area contributed by atoms with Gasteiger partial charge in [0.1, 0.15) is 5.69 Å². The number of esters is 1. The van der Waals surface area contributed by atoms with E-state index in [0.29, 0.717) is 17.2 Å². The molecule has 0 radical (unpaired) electrons. The van der Waals surface area contributed by atoms with Crippen LogP contribution in [0.2, 0.25) is 0 Å². The van der Waals surface area contributed by atoms with Crippen molar-refractivity contribution < 1.29 is 23.8 Å². The molecule has 2 aromatic rings. The molecule has 2 N–H and O–H groups in total. The van der Waals surface area contributed by atoms with Gasteiger partial charge < -0.3 is 24.5 Å². The number of ether oxygens (including phenoxy) is 3. The highest BCUT2D eigenvalue weighted by Crippen LogP contribution is 2.34. The fraction of sp³-hybridized carbons (Fsp3) is 0.250. The summed E-state index contributed by atoms with van der Waals surface area (Å²) in [6, 6.07) is 8.47. The molecule has 0 spiro atoms. The Labute approximate surface area is 132 Å². The smallest absolute Gasteiger partial charge is 0.355 e. The second-order valence-corrected chi connectivity index (χ2v) is 5.06. The number of benzene rings is 1. The molecule has 23 heavy (non-hydrogen) atoms. The molecule has 1 atom stereocenters. The zero-order valence-corrected chi connectivity index (χ0v) is 12.5. The second-order valence-electron chi connectivity index (χ2n) is 5.06. The fourth-order valence-electron chi connectivity index (χ4n) is 2.22. The van der Waals surface area contributed by atoms with Gasteiger partial charge >= 0.3 is 5.97 Å². The number of hydrogen-bond donors (Lipinski definition) is 2. The summed E-state index contributed by atoms with van der Waals surface area (Å²) in [5.74, 6) is 0.393. The van der Waals surface area contributed by atoms with Crippen LogP contribution in [0.3, 0.4) is 0 Å². The highest BCUT2D eigenvalue weighted by atomic mass is 16.7. The van der Waals surface area contributed by atoms with E-state index in [4.69, 9.17) is 14.2 Å². The predicted octanol–water partition coefficient (Wildman–Crippen LogP) is 1.78. The van der Waals surface area contributed by atoms with Crippen molar-refractivity contribution >= 4 is 11.9 Å². The summed E-state index contributed by atoms with van der Waals surface area (Å²) in [4.78, 5) is 26.2. The van der Waals surface area contributed by atoms with Gasteiger partial charge in [-0.3, -0.25) is 4.79 Å². The lowest BCUT2D eigenvalue weighted by molar-refractivity contribution is -0.124. The Morgan fingerprint density at radius 2 is 2.13 bits per heavy atom. The van der Waals surface area contributed by atoms with Gasteiger partial charge in [-0.05, 0) is 36.8 Å². The monoisotopic (exact) mass is 316 g/mol. The van der Waals surface area contributed by atoms with Crippen LogP contribution in [-0.4, -0.2) is 30.3 Å². The van der Waals surface area contributed by atoms with Gasteiger partial charge in [0.25, 0.3) is 5.91 Å². The van der Waals surface area contributed by atoms with Crippen LogP contribution in [0.5, 0.6) is 11.5 Å². The number of fused-ring (bicyclic) bond motifs is 1. The summed E-state index contributed by atoms with van der Waals surface area (Å²) in [7, 11) is 0. The molecule has 1 aliphatic rings. The van der Waals surface area contributed by atoms with Crippen molar-refractivity contribution in [1.29, 1.82) is 0 Å². The highest BCUT2D eigenvalue weighted by Gasteiger charge is 2.17. The largest absolute Gasteiger partial charge is 0.454 e. The van der Waals surface area contributed by atoms with Crippen LogP contribution in [-0.2, 0) is 9.53 Å². The van der Waals surface area contributed by atoms with Gasteiger partial charge in [0, 0.05) is 6.20 Å². The van der Waals surface area contributed by atoms with Crippen molar-refractivity contribution in [2.75, 3.05) is 13.4 Å². The van der Waals surface area contributed by atoms with Crippen molar-refractivity contribution in [3.8, 4) is 11.5 Å². The van der Waals surface area contributed by atoms with E-state index in [1.54, 1.807) is 24.4 Å². The van der Waals surface area contributed by atoms with E-state index in [1.807, 2.05) is 19.1 Å². The van der Waals surface area contributed by atoms with Crippen molar-refractivity contribution in [1.82, 2.24) is 10.3 Å². The number of hydrogen-bond acceptors (Lipinski definition) is 5. The molecule has 120 valence electrons. The zero-order chi connectivity index (χ0) is 16.2. The highest BCUT2D eigenvalue weighted by molar-refractivity contribution is 5.89. The molecule has 0 unspecified atom stereocenters. The van der Waals surface area contributed by atoms with E-state index in [2.05, 4.69) is 10.3 Å². The molecular formula is C16H16N2O5. The molecule has 7 heteroatoms. The number of H-pyrrole nitrogens is 1. The molecule has 1 amide bonds. The third-order valence-corrected chi connectivity index (χ3v) is 3.43. The average Bonchev–Trinajstić information content (AvgIpc) is 3.22. The maximum atomic E-state index is 11.9. The number of rotatable bonds is 5. The van der Waals surface area contributed by atoms with Crippen molar-refractivity contribution in [2.45, 2.75) is 13.0 Å². The maximum absolute atomic E-state index is 11.9. The maximum Gasteiger partial charge on any atom is 0.355 e. The van der Waals surface area contributed by atoms with Gasteiger partial charge in [-0.25, -0.2) is 4.79 Å². The van der Waals surface area contributed by atoms with Gasteiger partial charge in [-0.1, -0.05) is 6.07 Å². The van der Waals surface area contributed by atoms with E-state index in [1.165, 1.54) is 0 Å². The SMILES string of the molecule is C[C@H](NC(=O)COC(=O)c1ccc[nH]1)c1ccc2c(c1)OCO2. The average molecular weight is 316 g/mol. The summed E-state index contributed by atoms with van der Waals surface area (Å²) in [5, 5.41) is 2.77. The van der Waals surface area contributed by atoms with Crippen LogP contribution in [0, 0.1) is 0 Å².